The monoisotopic (exact) mass is 943 g/mol. The van der Waals surface area contributed by atoms with Gasteiger partial charge in [-0.1, -0.05) is 134 Å². The molecule has 3 atom stereocenters. The number of carbonyl (C=O) groups excluding carboxylic acids is 2. The molecule has 3 N–H and O–H groups in total. The zero-order chi connectivity index (χ0) is 47.2. The molecule has 67 heavy (non-hydrogen) atoms. The van der Waals surface area contributed by atoms with Gasteiger partial charge in [0.15, 0.2) is 0 Å². The third-order valence-corrected chi connectivity index (χ3v) is 14.6. The number of methoxy groups -OCH3 is 3. The van der Waals surface area contributed by atoms with Crippen molar-refractivity contribution in [3.63, 3.8) is 0 Å². The fourth-order valence-electron chi connectivity index (χ4n) is 8.35. The van der Waals surface area contributed by atoms with Gasteiger partial charge in [0.2, 0.25) is 5.91 Å². The van der Waals surface area contributed by atoms with Crippen LogP contribution in [0.5, 0.6) is 11.5 Å². The highest BCUT2D eigenvalue weighted by molar-refractivity contribution is 8.08. The molecule has 0 bridgehead atoms. The molecule has 0 radical (unpaired) electrons. The molecule has 0 saturated heterocycles. The molecule has 7 rings (SSSR count). The number of fused-ring (bicyclic) bond motifs is 3. The van der Waals surface area contributed by atoms with Crippen LogP contribution in [-0.2, 0) is 58.6 Å². The van der Waals surface area contributed by atoms with Crippen LogP contribution in [0.3, 0.4) is 0 Å². The Hall–Kier alpha value is -5.89. The number of nitrogens with one attached hydrogen (secondary N) is 3. The van der Waals surface area contributed by atoms with Gasteiger partial charge in [-0.25, -0.2) is 9.88 Å². The fourth-order valence-corrected chi connectivity index (χ4v) is 10.2. The van der Waals surface area contributed by atoms with Crippen LogP contribution in [0.25, 0.3) is 11.1 Å². The molecule has 0 aromatic heterocycles. The van der Waals surface area contributed by atoms with Gasteiger partial charge in [0.25, 0.3) is 6.64 Å². The third-order valence-electron chi connectivity index (χ3n) is 11.9. The van der Waals surface area contributed by atoms with Gasteiger partial charge in [0, 0.05) is 33.2 Å². The second-order valence-corrected chi connectivity index (χ2v) is 19.3. The van der Waals surface area contributed by atoms with E-state index >= 15 is 0 Å². The summed E-state index contributed by atoms with van der Waals surface area (Å²) in [5.74, 6) is 0.675. The summed E-state index contributed by atoms with van der Waals surface area (Å²) in [5, 5.41) is 9.22. The topological polar surface area (TPSA) is 135 Å². The third kappa shape index (κ3) is 11.8. The highest BCUT2D eigenvalue weighted by Gasteiger charge is 2.40. The predicted molar refractivity (Wildman–Crippen MR) is 264 cm³/mol. The molecule has 1 aliphatic rings. The van der Waals surface area contributed by atoms with Crippen molar-refractivity contribution in [2.75, 3.05) is 48.3 Å². The predicted octanol–water partition coefficient (Wildman–Crippen LogP) is 9.64. The van der Waals surface area contributed by atoms with E-state index < -0.39 is 30.3 Å². The lowest BCUT2D eigenvalue weighted by Crippen LogP contribution is -2.51. The smallest absolute Gasteiger partial charge is 0.407 e. The first kappa shape index (κ1) is 49.0. The van der Waals surface area contributed by atoms with E-state index in [0.29, 0.717) is 31.1 Å². The van der Waals surface area contributed by atoms with Gasteiger partial charge >= 0.3 is 6.09 Å². The molecule has 12 nitrogen and oxygen atoms in total. The molecule has 6 aromatic rings. The minimum absolute atomic E-state index is 0.0645. The zero-order valence-corrected chi connectivity index (χ0v) is 40.1. The lowest BCUT2D eigenvalue weighted by Gasteiger charge is -2.37. The lowest BCUT2D eigenvalue weighted by atomic mass is 9.80. The Kier molecular flexibility index (Phi) is 17.0. The molecule has 14 heteroatoms. The Morgan fingerprint density at radius 2 is 1.22 bits per heavy atom. The van der Waals surface area contributed by atoms with Crippen LogP contribution < -0.4 is 25.2 Å². The number of rotatable bonds is 23. The maximum Gasteiger partial charge on any atom is 0.407 e. The average Bonchev–Trinajstić information content (AvgIpc) is 3.70. The van der Waals surface area contributed by atoms with Crippen LogP contribution in [-0.4, -0.2) is 72.4 Å². The minimum atomic E-state index is -2.83. The summed E-state index contributed by atoms with van der Waals surface area (Å²) in [7, 11) is 6.38. The van der Waals surface area contributed by atoms with Crippen LogP contribution in [0.2, 0.25) is 0 Å². The van der Waals surface area contributed by atoms with Crippen molar-refractivity contribution in [3.05, 3.63) is 191 Å². The summed E-state index contributed by atoms with van der Waals surface area (Å²) < 4.78 is 41.3. The van der Waals surface area contributed by atoms with E-state index in [0.717, 1.165) is 50.1 Å². The van der Waals surface area contributed by atoms with Crippen LogP contribution in [0.1, 0.15) is 58.2 Å². The van der Waals surface area contributed by atoms with E-state index in [9.17, 15) is 9.59 Å². The number of amides is 2. The highest BCUT2D eigenvalue weighted by Crippen LogP contribution is 2.46. The SMILES string of the molecule is CCC(COC)OP(=S)(NCc1cccc(CNC(=O)C(COC(c2ccccc2)(c2ccc(OC)cc2)c2ccc(OC)cc2)NC(=O)OCC2c3ccccc3-c3ccccc32)c1)OC. The van der Waals surface area contributed by atoms with Crippen molar-refractivity contribution in [3.8, 4) is 22.6 Å². The second kappa shape index (κ2) is 23.2. The van der Waals surface area contributed by atoms with Gasteiger partial charge in [0.1, 0.15) is 29.7 Å². The fraction of sp³-hybridized carbons (Fsp3) is 0.283. The Labute approximate surface area is 398 Å². The zero-order valence-electron chi connectivity index (χ0n) is 38.4. The Balaban J connectivity index is 1.15. The minimum Gasteiger partial charge on any atom is -0.497 e. The van der Waals surface area contributed by atoms with E-state index in [-0.39, 0.29) is 31.8 Å². The van der Waals surface area contributed by atoms with Crippen LogP contribution in [0.4, 0.5) is 4.79 Å². The summed E-state index contributed by atoms with van der Waals surface area (Å²) in [4.78, 5) is 28.5. The van der Waals surface area contributed by atoms with Crippen molar-refractivity contribution in [1.82, 2.24) is 15.7 Å². The highest BCUT2D eigenvalue weighted by atomic mass is 32.5. The van der Waals surface area contributed by atoms with Crippen LogP contribution in [0.15, 0.2) is 152 Å². The summed E-state index contributed by atoms with van der Waals surface area (Å²) >= 11 is 5.77. The summed E-state index contributed by atoms with van der Waals surface area (Å²) in [6, 6.07) is 47.8. The van der Waals surface area contributed by atoms with E-state index in [2.05, 4.69) is 40.0 Å². The molecule has 6 aromatic carbocycles. The first-order valence-corrected chi connectivity index (χ1v) is 24.8. The normalized spacial score (nSPS) is 13.9. The Bertz CT molecular complexity index is 2520. The van der Waals surface area contributed by atoms with Gasteiger partial charge < -0.3 is 43.4 Å². The van der Waals surface area contributed by atoms with E-state index in [1.54, 1.807) is 21.3 Å². The molecule has 0 spiro atoms. The standard InChI is InChI=1S/C53H58N3O9PS/c1-6-42(34-59-2)65-66(67,62-5)55-33-38-16-14-15-37(31-38)32-54-51(57)50(56-52(58)63-35-49-47-21-12-10-19-45(47)46-20-11-13-22-48(46)49)36-64-53(39-17-8-7-9-18-39,40-23-27-43(60-3)28-24-40)41-25-29-44(61-4)30-26-41/h7-31,42,49-50H,6,32-36H2,1-5H3,(H,54,57)(H,55,67)(H,56,58). The number of ether oxygens (including phenoxy) is 5. The number of carbonyl (C=O) groups is 2. The number of hydrogen-bond acceptors (Lipinski definition) is 10. The van der Waals surface area contributed by atoms with E-state index in [1.165, 1.54) is 7.11 Å². The molecule has 0 aliphatic heterocycles. The lowest BCUT2D eigenvalue weighted by molar-refractivity contribution is -0.126. The quantitative estimate of drug-likeness (QED) is 0.0419. The van der Waals surface area contributed by atoms with Gasteiger partial charge in [-0.15, -0.1) is 0 Å². The first-order chi connectivity index (χ1) is 32.6. The van der Waals surface area contributed by atoms with Crippen LogP contribution in [0, 0.1) is 0 Å². The molecule has 1 aliphatic carbocycles. The van der Waals surface area contributed by atoms with Crippen molar-refractivity contribution in [1.29, 1.82) is 0 Å². The number of alkyl carbamates (subject to hydrolysis) is 1. The average molecular weight is 944 g/mol. The Morgan fingerprint density at radius 3 is 1.78 bits per heavy atom. The molecule has 0 saturated carbocycles. The van der Waals surface area contributed by atoms with Crippen molar-refractivity contribution >= 4 is 30.4 Å². The maximum absolute atomic E-state index is 14.5. The van der Waals surface area contributed by atoms with Crippen molar-refractivity contribution in [2.24, 2.45) is 0 Å². The van der Waals surface area contributed by atoms with Crippen LogP contribution >= 0.6 is 6.64 Å². The Morgan fingerprint density at radius 1 is 0.672 bits per heavy atom. The van der Waals surface area contributed by atoms with Crippen molar-refractivity contribution in [2.45, 2.75) is 50.1 Å². The molecular weight excluding hydrogens is 886 g/mol. The van der Waals surface area contributed by atoms with Gasteiger partial charge in [-0.3, -0.25) is 4.79 Å². The molecule has 3 unspecified atom stereocenters. The first-order valence-electron chi connectivity index (χ1n) is 22.2. The number of benzene rings is 6. The maximum atomic E-state index is 14.5. The van der Waals surface area contributed by atoms with Crippen molar-refractivity contribution < 1.29 is 42.3 Å². The van der Waals surface area contributed by atoms with E-state index in [1.807, 2.05) is 134 Å². The van der Waals surface area contributed by atoms with Gasteiger partial charge in [-0.2, -0.15) is 0 Å². The second-order valence-electron chi connectivity index (χ2n) is 16.0. The molecule has 0 heterocycles. The van der Waals surface area contributed by atoms with Gasteiger partial charge in [-0.05, 0) is 92.6 Å². The van der Waals surface area contributed by atoms with Gasteiger partial charge in [0.05, 0.1) is 33.5 Å². The molecular formula is C53H58N3O9PS. The molecule has 350 valence electrons. The van der Waals surface area contributed by atoms with E-state index in [4.69, 9.17) is 44.5 Å². The number of hydrogen-bond donors (Lipinski definition) is 3. The largest absolute Gasteiger partial charge is 0.497 e. The molecule has 2 amide bonds. The molecule has 0 fully saturated rings. The summed E-state index contributed by atoms with van der Waals surface area (Å²) in [5.41, 5.74) is 7.15. The summed E-state index contributed by atoms with van der Waals surface area (Å²) in [6.07, 6.45) is -0.260. The summed E-state index contributed by atoms with van der Waals surface area (Å²) in [6.45, 7) is -0.0994.